The number of rotatable bonds is 3. The van der Waals surface area contributed by atoms with Gasteiger partial charge < -0.3 is 4.90 Å². The van der Waals surface area contributed by atoms with Crippen molar-refractivity contribution in [3.05, 3.63) is 30.1 Å². The highest BCUT2D eigenvalue weighted by atomic mass is 16.2. The third-order valence-corrected chi connectivity index (χ3v) is 1.96. The molecule has 1 heterocycles. The maximum atomic E-state index is 11.0. The summed E-state index contributed by atoms with van der Waals surface area (Å²) in [7, 11) is 1.70. The Morgan fingerprint density at radius 1 is 1.57 bits per heavy atom. The van der Waals surface area contributed by atoms with Gasteiger partial charge in [0.25, 0.3) is 0 Å². The SMILES string of the molecule is CN(CCc1ccncc1)C(=O)NN. The molecule has 76 valence electrons. The molecule has 1 rings (SSSR count). The molecule has 2 amide bonds. The molecular formula is C9H14N4O. The molecule has 5 heteroatoms. The number of likely N-dealkylation sites (N-methyl/N-ethyl adjacent to an activating group) is 1. The number of nitrogens with zero attached hydrogens (tertiary/aromatic N) is 2. The standard InChI is InChI=1S/C9H14N4O/c1-13(9(14)12-10)7-4-8-2-5-11-6-3-8/h2-3,5-6H,4,7,10H2,1H3,(H,12,14). The van der Waals surface area contributed by atoms with E-state index in [4.69, 9.17) is 5.84 Å². The molecule has 3 N–H and O–H groups in total. The maximum absolute atomic E-state index is 11.0. The van der Waals surface area contributed by atoms with Gasteiger partial charge in [-0.15, -0.1) is 0 Å². The van der Waals surface area contributed by atoms with E-state index in [1.807, 2.05) is 12.1 Å². The lowest BCUT2D eigenvalue weighted by Gasteiger charge is -2.15. The fraction of sp³-hybridized carbons (Fsp3) is 0.333. The first-order valence-electron chi connectivity index (χ1n) is 4.34. The predicted molar refractivity (Wildman–Crippen MR) is 53.3 cm³/mol. The van der Waals surface area contributed by atoms with Crippen LogP contribution >= 0.6 is 0 Å². The Kier molecular flexibility index (Phi) is 3.87. The molecule has 0 aliphatic carbocycles. The normalized spacial score (nSPS) is 9.57. The predicted octanol–water partition coefficient (Wildman–Crippen LogP) is 0.139. The summed E-state index contributed by atoms with van der Waals surface area (Å²) in [6.07, 6.45) is 4.27. The summed E-state index contributed by atoms with van der Waals surface area (Å²) < 4.78 is 0. The molecule has 5 nitrogen and oxygen atoms in total. The van der Waals surface area contributed by atoms with Gasteiger partial charge in [-0.25, -0.2) is 10.6 Å². The van der Waals surface area contributed by atoms with Gasteiger partial charge in [0.1, 0.15) is 0 Å². The fourth-order valence-corrected chi connectivity index (χ4v) is 1.06. The second-order valence-electron chi connectivity index (χ2n) is 2.98. The van der Waals surface area contributed by atoms with Crippen molar-refractivity contribution in [3.8, 4) is 0 Å². The van der Waals surface area contributed by atoms with Crippen molar-refractivity contribution in [2.24, 2.45) is 5.84 Å². The van der Waals surface area contributed by atoms with E-state index < -0.39 is 0 Å². The van der Waals surface area contributed by atoms with Gasteiger partial charge in [0.15, 0.2) is 0 Å². The van der Waals surface area contributed by atoms with Gasteiger partial charge in [-0.1, -0.05) is 0 Å². The Morgan fingerprint density at radius 3 is 2.79 bits per heavy atom. The smallest absolute Gasteiger partial charge is 0.326 e. The van der Waals surface area contributed by atoms with Gasteiger partial charge in [0, 0.05) is 26.0 Å². The summed E-state index contributed by atoms with van der Waals surface area (Å²) in [6, 6.07) is 3.57. The first kappa shape index (κ1) is 10.5. The van der Waals surface area contributed by atoms with Crippen molar-refractivity contribution in [2.75, 3.05) is 13.6 Å². The monoisotopic (exact) mass is 194 g/mol. The van der Waals surface area contributed by atoms with Gasteiger partial charge in [-0.2, -0.15) is 0 Å². The van der Waals surface area contributed by atoms with E-state index in [1.54, 1.807) is 19.4 Å². The number of amides is 2. The molecule has 0 spiro atoms. The van der Waals surface area contributed by atoms with Gasteiger partial charge in [0.2, 0.25) is 0 Å². The lowest BCUT2D eigenvalue weighted by atomic mass is 10.2. The van der Waals surface area contributed by atoms with Crippen LogP contribution in [0.2, 0.25) is 0 Å². The van der Waals surface area contributed by atoms with Crippen LogP contribution in [0.1, 0.15) is 5.56 Å². The fourth-order valence-electron chi connectivity index (χ4n) is 1.06. The van der Waals surface area contributed by atoms with Gasteiger partial charge in [0.05, 0.1) is 0 Å². The number of hydrogen-bond acceptors (Lipinski definition) is 3. The van der Waals surface area contributed by atoms with E-state index >= 15 is 0 Å². The van der Waals surface area contributed by atoms with E-state index in [0.717, 1.165) is 12.0 Å². The third-order valence-electron chi connectivity index (χ3n) is 1.96. The van der Waals surface area contributed by atoms with Crippen LogP contribution in [0, 0.1) is 0 Å². The van der Waals surface area contributed by atoms with Crippen molar-refractivity contribution < 1.29 is 4.79 Å². The highest BCUT2D eigenvalue weighted by Crippen LogP contribution is 1.98. The van der Waals surface area contributed by atoms with Crippen LogP contribution in [-0.2, 0) is 6.42 Å². The number of hydrazine groups is 1. The lowest BCUT2D eigenvalue weighted by molar-refractivity contribution is 0.209. The number of aromatic nitrogens is 1. The average molecular weight is 194 g/mol. The van der Waals surface area contributed by atoms with Crippen LogP contribution in [-0.4, -0.2) is 29.5 Å². The summed E-state index contributed by atoms with van der Waals surface area (Å²) in [4.78, 5) is 16.4. The first-order chi connectivity index (χ1) is 6.74. The topological polar surface area (TPSA) is 71.2 Å². The van der Waals surface area contributed by atoms with E-state index in [9.17, 15) is 4.79 Å². The van der Waals surface area contributed by atoms with Gasteiger partial charge >= 0.3 is 6.03 Å². The van der Waals surface area contributed by atoms with Crippen molar-refractivity contribution in [1.82, 2.24) is 15.3 Å². The number of nitrogens with two attached hydrogens (primary N) is 1. The van der Waals surface area contributed by atoms with Crippen LogP contribution < -0.4 is 11.3 Å². The second-order valence-corrected chi connectivity index (χ2v) is 2.98. The Balaban J connectivity index is 2.38. The molecule has 0 radical (unpaired) electrons. The molecule has 0 aliphatic rings. The van der Waals surface area contributed by atoms with Crippen LogP contribution in [0.3, 0.4) is 0 Å². The van der Waals surface area contributed by atoms with Crippen LogP contribution in [0.15, 0.2) is 24.5 Å². The highest BCUT2D eigenvalue weighted by molar-refractivity contribution is 5.73. The molecule has 1 aromatic rings. The molecule has 0 atom stereocenters. The largest absolute Gasteiger partial charge is 0.331 e. The number of carbonyl (C=O) groups is 1. The molecule has 0 aliphatic heterocycles. The minimum atomic E-state index is -0.279. The zero-order valence-electron chi connectivity index (χ0n) is 8.10. The minimum absolute atomic E-state index is 0.279. The molecule has 0 unspecified atom stereocenters. The van der Waals surface area contributed by atoms with Crippen molar-refractivity contribution in [3.63, 3.8) is 0 Å². The molecule has 14 heavy (non-hydrogen) atoms. The Labute approximate surface area is 82.9 Å². The quantitative estimate of drug-likeness (QED) is 0.408. The summed E-state index contributed by atoms with van der Waals surface area (Å²) in [6.45, 7) is 0.632. The average Bonchev–Trinajstić information content (AvgIpc) is 2.26. The van der Waals surface area contributed by atoms with Gasteiger partial charge in [-0.05, 0) is 24.1 Å². The Bertz CT molecular complexity index is 288. The summed E-state index contributed by atoms with van der Waals surface area (Å²) in [5.74, 6) is 4.99. The third kappa shape index (κ3) is 3.02. The van der Waals surface area contributed by atoms with Crippen LogP contribution in [0.4, 0.5) is 4.79 Å². The first-order valence-corrected chi connectivity index (χ1v) is 4.34. The molecule has 0 saturated heterocycles. The van der Waals surface area contributed by atoms with Gasteiger partial charge in [-0.3, -0.25) is 10.4 Å². The van der Waals surface area contributed by atoms with E-state index in [1.165, 1.54) is 4.90 Å². The zero-order chi connectivity index (χ0) is 10.4. The van der Waals surface area contributed by atoms with E-state index in [2.05, 4.69) is 10.4 Å². The highest BCUT2D eigenvalue weighted by Gasteiger charge is 2.04. The zero-order valence-corrected chi connectivity index (χ0v) is 8.10. The van der Waals surface area contributed by atoms with E-state index in [0.29, 0.717) is 6.54 Å². The number of pyridine rings is 1. The van der Waals surface area contributed by atoms with Crippen molar-refractivity contribution >= 4 is 6.03 Å². The van der Waals surface area contributed by atoms with Crippen molar-refractivity contribution in [2.45, 2.75) is 6.42 Å². The molecule has 0 fully saturated rings. The lowest BCUT2D eigenvalue weighted by Crippen LogP contribution is -2.41. The molecular weight excluding hydrogens is 180 g/mol. The van der Waals surface area contributed by atoms with E-state index in [-0.39, 0.29) is 6.03 Å². The molecule has 0 aromatic carbocycles. The summed E-state index contributed by atoms with van der Waals surface area (Å²) in [5.41, 5.74) is 3.23. The minimum Gasteiger partial charge on any atom is -0.326 e. The molecule has 1 aromatic heterocycles. The summed E-state index contributed by atoms with van der Waals surface area (Å²) in [5, 5.41) is 0. The molecule has 0 saturated carbocycles. The van der Waals surface area contributed by atoms with Crippen LogP contribution in [0.5, 0.6) is 0 Å². The molecule has 0 bridgehead atoms. The second kappa shape index (κ2) is 5.18. The number of carbonyl (C=O) groups excluding carboxylic acids is 1. The number of urea groups is 1. The van der Waals surface area contributed by atoms with Crippen molar-refractivity contribution in [1.29, 1.82) is 0 Å². The number of hydrogen-bond donors (Lipinski definition) is 2. The maximum Gasteiger partial charge on any atom is 0.331 e. The van der Waals surface area contributed by atoms with Crippen LogP contribution in [0.25, 0.3) is 0 Å². The Morgan fingerprint density at radius 2 is 2.21 bits per heavy atom. The summed E-state index contributed by atoms with van der Waals surface area (Å²) >= 11 is 0. The number of nitrogens with one attached hydrogen (secondary N) is 1. The Hall–Kier alpha value is -1.62.